The predicted octanol–water partition coefficient (Wildman–Crippen LogP) is 4.00. The van der Waals surface area contributed by atoms with E-state index in [1.54, 1.807) is 52.9 Å². The van der Waals surface area contributed by atoms with E-state index >= 15 is 0 Å². The maximum atomic E-state index is 14.5. The lowest BCUT2D eigenvalue weighted by Crippen LogP contribution is -2.15. The highest BCUT2D eigenvalue weighted by atomic mass is 127. The second-order valence-corrected chi connectivity index (χ2v) is 6.71. The van der Waals surface area contributed by atoms with Gasteiger partial charge in [-0.15, -0.1) is 0 Å². The van der Waals surface area contributed by atoms with Crippen LogP contribution in [0, 0.1) is 15.2 Å². The summed E-state index contributed by atoms with van der Waals surface area (Å²) < 4.78 is 39.1. The summed E-state index contributed by atoms with van der Waals surface area (Å²) in [5.41, 5.74) is -0.372. The number of carbonyl (C=O) groups is 2. The molecule has 0 aliphatic rings. The molecule has 3 rings (SSSR count). The molecule has 0 spiro atoms. The number of nitrogens with zero attached hydrogens (tertiary/aromatic N) is 2. The Balaban J connectivity index is 2.40. The smallest absolute Gasteiger partial charge is 0.357 e. The predicted molar refractivity (Wildman–Crippen MR) is 104 cm³/mol. The Labute approximate surface area is 172 Å². The molecule has 2 aromatic carbocycles. The fourth-order valence-corrected chi connectivity index (χ4v) is 3.11. The van der Waals surface area contributed by atoms with Gasteiger partial charge in [0.2, 0.25) is 0 Å². The van der Waals surface area contributed by atoms with Crippen LogP contribution in [0.25, 0.3) is 16.9 Å². The molecule has 1 heterocycles. The van der Waals surface area contributed by atoms with Crippen LogP contribution in [-0.4, -0.2) is 35.9 Å². The van der Waals surface area contributed by atoms with Gasteiger partial charge in [-0.3, -0.25) is 0 Å². The van der Waals surface area contributed by atoms with Gasteiger partial charge in [0.25, 0.3) is 0 Å². The number of methoxy groups -OCH3 is 2. The first-order valence-corrected chi connectivity index (χ1v) is 8.96. The molecule has 0 unspecified atom stereocenters. The average Bonchev–Trinajstić information content (AvgIpc) is 3.10. The zero-order valence-corrected chi connectivity index (χ0v) is 16.9. The lowest BCUT2D eigenvalue weighted by Gasteiger charge is -2.07. The number of para-hydroxylation sites is 1. The highest BCUT2D eigenvalue weighted by molar-refractivity contribution is 14.1. The van der Waals surface area contributed by atoms with Crippen LogP contribution in [-0.2, 0) is 9.47 Å². The zero-order valence-electron chi connectivity index (χ0n) is 14.7. The standard InChI is InChI=1S/C19H13F2IN2O4/c1-27-18(25)15-16(11-8-14(22)13(21)9-12(11)20)23-24(17(15)19(26)28-2)10-6-4-3-5-7-10/h3-9H,1-2H3. The summed E-state index contributed by atoms with van der Waals surface area (Å²) in [5, 5.41) is 4.27. The van der Waals surface area contributed by atoms with Gasteiger partial charge in [-0.2, -0.15) is 5.10 Å². The summed E-state index contributed by atoms with van der Waals surface area (Å²) >= 11 is 1.70. The molecule has 6 nitrogen and oxygen atoms in total. The van der Waals surface area contributed by atoms with E-state index in [-0.39, 0.29) is 26.1 Å². The molecule has 0 amide bonds. The molecule has 9 heteroatoms. The number of aromatic nitrogens is 2. The quantitative estimate of drug-likeness (QED) is 0.309. The molecule has 144 valence electrons. The van der Waals surface area contributed by atoms with Crippen molar-refractivity contribution in [2.75, 3.05) is 14.2 Å². The molecular formula is C19H13F2IN2O4. The summed E-state index contributed by atoms with van der Waals surface area (Å²) in [5.74, 6) is -3.45. The summed E-state index contributed by atoms with van der Waals surface area (Å²) in [6.45, 7) is 0. The van der Waals surface area contributed by atoms with Crippen molar-refractivity contribution in [2.45, 2.75) is 0 Å². The van der Waals surface area contributed by atoms with Crippen molar-refractivity contribution in [3.63, 3.8) is 0 Å². The molecule has 0 radical (unpaired) electrons. The molecule has 0 N–H and O–H groups in total. The van der Waals surface area contributed by atoms with Crippen LogP contribution < -0.4 is 0 Å². The highest BCUT2D eigenvalue weighted by Crippen LogP contribution is 2.32. The van der Waals surface area contributed by atoms with E-state index in [0.717, 1.165) is 14.2 Å². The lowest BCUT2D eigenvalue weighted by molar-refractivity contribution is 0.0549. The minimum absolute atomic E-state index is 0.124. The summed E-state index contributed by atoms with van der Waals surface area (Å²) in [6, 6.07) is 10.4. The highest BCUT2D eigenvalue weighted by Gasteiger charge is 2.32. The normalized spacial score (nSPS) is 10.6. The summed E-state index contributed by atoms with van der Waals surface area (Å²) in [6.07, 6.45) is 0. The first kappa shape index (κ1) is 19.9. The van der Waals surface area contributed by atoms with Crippen molar-refractivity contribution in [3.05, 3.63) is 68.9 Å². The van der Waals surface area contributed by atoms with Gasteiger partial charge in [-0.1, -0.05) is 18.2 Å². The van der Waals surface area contributed by atoms with Gasteiger partial charge in [0, 0.05) is 15.2 Å². The van der Waals surface area contributed by atoms with Crippen LogP contribution in [0.1, 0.15) is 20.8 Å². The van der Waals surface area contributed by atoms with Gasteiger partial charge in [-0.05, 0) is 40.8 Å². The van der Waals surface area contributed by atoms with Gasteiger partial charge < -0.3 is 9.47 Å². The van der Waals surface area contributed by atoms with Crippen molar-refractivity contribution < 1.29 is 27.8 Å². The van der Waals surface area contributed by atoms with Crippen LogP contribution in [0.4, 0.5) is 8.78 Å². The number of esters is 2. The van der Waals surface area contributed by atoms with E-state index in [2.05, 4.69) is 5.10 Å². The van der Waals surface area contributed by atoms with Crippen molar-refractivity contribution in [2.24, 2.45) is 0 Å². The van der Waals surface area contributed by atoms with Crippen molar-refractivity contribution in [1.82, 2.24) is 9.78 Å². The van der Waals surface area contributed by atoms with Crippen molar-refractivity contribution in [3.8, 4) is 16.9 Å². The Morgan fingerprint density at radius 3 is 2.25 bits per heavy atom. The molecule has 1 aromatic heterocycles. The van der Waals surface area contributed by atoms with Gasteiger partial charge in [0.05, 0.1) is 19.9 Å². The van der Waals surface area contributed by atoms with Gasteiger partial charge in [0.1, 0.15) is 22.9 Å². The van der Waals surface area contributed by atoms with Gasteiger partial charge in [0.15, 0.2) is 5.69 Å². The monoisotopic (exact) mass is 498 g/mol. The van der Waals surface area contributed by atoms with E-state index in [1.807, 2.05) is 0 Å². The molecule has 0 bridgehead atoms. The number of rotatable bonds is 4. The van der Waals surface area contributed by atoms with E-state index < -0.39 is 23.6 Å². The molecule has 0 atom stereocenters. The summed E-state index contributed by atoms with van der Waals surface area (Å²) in [7, 11) is 2.27. The first-order chi connectivity index (χ1) is 13.4. The number of benzene rings is 2. The van der Waals surface area contributed by atoms with E-state index in [1.165, 1.54) is 10.7 Å². The number of ether oxygens (including phenoxy) is 2. The van der Waals surface area contributed by atoms with Crippen LogP contribution >= 0.6 is 22.6 Å². The van der Waals surface area contributed by atoms with Crippen LogP contribution in [0.5, 0.6) is 0 Å². The third-order valence-corrected chi connectivity index (χ3v) is 4.75. The number of carbonyl (C=O) groups excluding carboxylic acids is 2. The molecule has 28 heavy (non-hydrogen) atoms. The fourth-order valence-electron chi connectivity index (χ4n) is 2.65. The van der Waals surface area contributed by atoms with Crippen LogP contribution in [0.15, 0.2) is 42.5 Å². The molecule has 0 fully saturated rings. The fraction of sp³-hybridized carbons (Fsp3) is 0.105. The Morgan fingerprint density at radius 2 is 1.64 bits per heavy atom. The lowest BCUT2D eigenvalue weighted by atomic mass is 10.0. The van der Waals surface area contributed by atoms with Crippen LogP contribution in [0.3, 0.4) is 0 Å². The molecule has 0 saturated carbocycles. The molecule has 0 saturated heterocycles. The third kappa shape index (κ3) is 3.49. The average molecular weight is 498 g/mol. The second kappa shape index (κ2) is 8.05. The largest absolute Gasteiger partial charge is 0.465 e. The third-order valence-electron chi connectivity index (χ3n) is 3.92. The van der Waals surface area contributed by atoms with Crippen LogP contribution in [0.2, 0.25) is 0 Å². The van der Waals surface area contributed by atoms with E-state index in [9.17, 15) is 18.4 Å². The number of hydrogen-bond acceptors (Lipinski definition) is 5. The van der Waals surface area contributed by atoms with Crippen molar-refractivity contribution >= 4 is 34.5 Å². The van der Waals surface area contributed by atoms with Gasteiger partial charge in [-0.25, -0.2) is 23.1 Å². The molecular weight excluding hydrogens is 485 g/mol. The zero-order chi connectivity index (χ0) is 20.4. The molecule has 0 aliphatic heterocycles. The maximum absolute atomic E-state index is 14.5. The molecule has 3 aromatic rings. The SMILES string of the molecule is COC(=O)c1c(-c2cc(I)c(F)cc2F)nn(-c2ccccc2)c1C(=O)OC. The summed E-state index contributed by atoms with van der Waals surface area (Å²) in [4.78, 5) is 24.9. The van der Waals surface area contributed by atoms with Gasteiger partial charge >= 0.3 is 11.9 Å². The minimum Gasteiger partial charge on any atom is -0.465 e. The topological polar surface area (TPSA) is 70.4 Å². The molecule has 0 aliphatic carbocycles. The Kier molecular flexibility index (Phi) is 5.73. The minimum atomic E-state index is -0.933. The second-order valence-electron chi connectivity index (χ2n) is 5.55. The Bertz CT molecular complexity index is 1070. The van der Waals surface area contributed by atoms with E-state index in [0.29, 0.717) is 11.8 Å². The Hall–Kier alpha value is -2.82. The van der Waals surface area contributed by atoms with Crippen molar-refractivity contribution in [1.29, 1.82) is 0 Å². The van der Waals surface area contributed by atoms with E-state index in [4.69, 9.17) is 9.47 Å². The number of hydrogen-bond donors (Lipinski definition) is 0. The Morgan fingerprint density at radius 1 is 1.00 bits per heavy atom. The maximum Gasteiger partial charge on any atom is 0.357 e. The first-order valence-electron chi connectivity index (χ1n) is 7.89. The number of halogens is 3.